The van der Waals surface area contributed by atoms with Crippen molar-refractivity contribution in [2.24, 2.45) is 0 Å². The maximum Gasteiger partial charge on any atom is 0.421 e. The van der Waals surface area contributed by atoms with E-state index in [-0.39, 0.29) is 17.2 Å². The zero-order chi connectivity index (χ0) is 23.5. The Morgan fingerprint density at radius 1 is 0.938 bits per heavy atom. The number of hydrogen-bond donors (Lipinski definition) is 2. The molecule has 3 aromatic rings. The fourth-order valence-electron chi connectivity index (χ4n) is 3.20. The van der Waals surface area contributed by atoms with Crippen molar-refractivity contribution in [1.29, 1.82) is 0 Å². The third kappa shape index (κ3) is 5.78. The van der Waals surface area contributed by atoms with Crippen LogP contribution >= 0.6 is 0 Å². The van der Waals surface area contributed by atoms with Gasteiger partial charge in [-0.2, -0.15) is 18.2 Å². The zero-order valence-electron chi connectivity index (χ0n) is 19.0. The summed E-state index contributed by atoms with van der Waals surface area (Å²) in [6, 6.07) is 15.1. The minimum atomic E-state index is -4.58. The first-order valence-corrected chi connectivity index (χ1v) is 10.7. The highest BCUT2D eigenvalue weighted by molar-refractivity contribution is 5.63. The molecule has 0 radical (unpaired) electrons. The van der Waals surface area contributed by atoms with Gasteiger partial charge >= 0.3 is 6.18 Å². The molecule has 1 aromatic heterocycles. The average Bonchev–Trinajstić information content (AvgIpc) is 2.72. The van der Waals surface area contributed by atoms with Gasteiger partial charge in [0.1, 0.15) is 11.4 Å². The van der Waals surface area contributed by atoms with E-state index in [0.29, 0.717) is 17.3 Å². The van der Waals surface area contributed by atoms with Crippen LogP contribution in [0.25, 0.3) is 0 Å². The van der Waals surface area contributed by atoms with Crippen LogP contribution in [0.1, 0.15) is 63.6 Å². The first-order valence-electron chi connectivity index (χ1n) is 10.7. The van der Waals surface area contributed by atoms with Gasteiger partial charge in [0.25, 0.3) is 0 Å². The molecule has 0 aliphatic rings. The Hall–Kier alpha value is -3.09. The van der Waals surface area contributed by atoms with Crippen LogP contribution in [0.5, 0.6) is 0 Å². The van der Waals surface area contributed by atoms with E-state index in [4.69, 9.17) is 0 Å². The fraction of sp³-hybridized carbons (Fsp3) is 0.360. The Balaban J connectivity index is 1.91. The summed E-state index contributed by atoms with van der Waals surface area (Å²) < 4.78 is 40.8. The van der Waals surface area contributed by atoms with Crippen molar-refractivity contribution in [1.82, 2.24) is 9.97 Å². The van der Waals surface area contributed by atoms with E-state index in [1.165, 1.54) is 5.56 Å². The van der Waals surface area contributed by atoms with Crippen LogP contribution in [-0.2, 0) is 11.6 Å². The number of hydrogen-bond acceptors (Lipinski definition) is 4. The predicted molar refractivity (Wildman–Crippen MR) is 124 cm³/mol. The number of anilines is 4. The highest BCUT2D eigenvalue weighted by Gasteiger charge is 2.35. The first kappa shape index (κ1) is 23.6. The van der Waals surface area contributed by atoms with Gasteiger partial charge in [0.2, 0.25) is 5.95 Å². The number of nitrogens with zero attached hydrogens (tertiary/aromatic N) is 2. The summed E-state index contributed by atoms with van der Waals surface area (Å²) in [4.78, 5) is 8.03. The van der Waals surface area contributed by atoms with Crippen molar-refractivity contribution < 1.29 is 13.2 Å². The van der Waals surface area contributed by atoms with Crippen LogP contribution in [0.4, 0.5) is 36.3 Å². The molecule has 2 aromatic carbocycles. The molecule has 0 saturated carbocycles. The molecule has 0 fully saturated rings. The summed E-state index contributed by atoms with van der Waals surface area (Å²) >= 11 is 0. The van der Waals surface area contributed by atoms with Crippen molar-refractivity contribution in [2.45, 2.75) is 58.5 Å². The van der Waals surface area contributed by atoms with Crippen LogP contribution < -0.4 is 10.6 Å². The van der Waals surface area contributed by atoms with Gasteiger partial charge < -0.3 is 10.6 Å². The van der Waals surface area contributed by atoms with Gasteiger partial charge in [0, 0.05) is 17.6 Å². The lowest BCUT2D eigenvalue weighted by molar-refractivity contribution is -0.137. The molecule has 0 bridgehead atoms. The normalized spacial score (nSPS) is 13.0. The van der Waals surface area contributed by atoms with E-state index in [0.717, 1.165) is 18.2 Å². The second kappa shape index (κ2) is 9.18. The van der Waals surface area contributed by atoms with Gasteiger partial charge in [-0.05, 0) is 53.1 Å². The lowest BCUT2D eigenvalue weighted by atomic mass is 9.87. The molecular formula is C25H29F3N4. The number of rotatable bonds is 6. The Kier molecular flexibility index (Phi) is 6.77. The van der Waals surface area contributed by atoms with Crippen LogP contribution in [0.2, 0.25) is 0 Å². The quantitative estimate of drug-likeness (QED) is 0.409. The molecule has 0 spiro atoms. The van der Waals surface area contributed by atoms with Gasteiger partial charge in [0.05, 0.1) is 0 Å². The van der Waals surface area contributed by atoms with E-state index in [9.17, 15) is 13.2 Å². The van der Waals surface area contributed by atoms with Crippen molar-refractivity contribution >= 4 is 23.1 Å². The molecule has 0 aliphatic heterocycles. The summed E-state index contributed by atoms with van der Waals surface area (Å²) in [5, 5.41) is 5.84. The molecule has 3 rings (SSSR count). The summed E-state index contributed by atoms with van der Waals surface area (Å²) in [6.07, 6.45) is -2.75. The first-order chi connectivity index (χ1) is 15.0. The van der Waals surface area contributed by atoms with Crippen LogP contribution in [-0.4, -0.2) is 9.97 Å². The highest BCUT2D eigenvalue weighted by Crippen LogP contribution is 2.36. The highest BCUT2D eigenvalue weighted by atomic mass is 19.4. The number of benzene rings is 2. The summed E-state index contributed by atoms with van der Waals surface area (Å²) in [7, 11) is 0. The van der Waals surface area contributed by atoms with E-state index in [1.54, 1.807) is 6.07 Å². The minimum absolute atomic E-state index is 0.0868. The van der Waals surface area contributed by atoms with Gasteiger partial charge in [-0.25, -0.2) is 4.98 Å². The molecule has 1 atom stereocenters. The van der Waals surface area contributed by atoms with Crippen molar-refractivity contribution in [3.63, 3.8) is 0 Å². The van der Waals surface area contributed by atoms with Gasteiger partial charge in [-0.1, -0.05) is 58.9 Å². The van der Waals surface area contributed by atoms with E-state index in [2.05, 4.69) is 34.4 Å². The summed E-state index contributed by atoms with van der Waals surface area (Å²) in [5.74, 6) is 0.229. The molecule has 2 N–H and O–H groups in total. The number of halogens is 3. The second-order valence-electron chi connectivity index (χ2n) is 8.97. The monoisotopic (exact) mass is 442 g/mol. The van der Waals surface area contributed by atoms with Crippen molar-refractivity contribution in [3.8, 4) is 0 Å². The number of nitrogens with one attached hydrogen (secondary N) is 2. The van der Waals surface area contributed by atoms with Crippen molar-refractivity contribution in [2.75, 3.05) is 10.6 Å². The molecule has 4 nitrogen and oxygen atoms in total. The molecule has 0 amide bonds. The second-order valence-corrected chi connectivity index (χ2v) is 8.97. The Morgan fingerprint density at radius 2 is 1.62 bits per heavy atom. The standard InChI is InChI=1S/C25H29F3N4/c1-6-16(2)17-10-12-19(13-11-17)31-23-29-15-21(25(26,27)28)22(32-23)30-20-9-7-8-18(14-20)24(3,4)5/h7-16H,6H2,1-5H3,(H2,29,30,31,32). The maximum atomic E-state index is 13.6. The Bertz CT molecular complexity index is 1050. The Labute approximate surface area is 187 Å². The maximum absolute atomic E-state index is 13.6. The van der Waals surface area contributed by atoms with Crippen LogP contribution in [0.3, 0.4) is 0 Å². The van der Waals surface area contributed by atoms with Gasteiger partial charge in [-0.15, -0.1) is 0 Å². The molecule has 1 unspecified atom stereocenters. The van der Waals surface area contributed by atoms with Gasteiger partial charge in [-0.3, -0.25) is 0 Å². The molecule has 7 heteroatoms. The SMILES string of the molecule is CCC(C)c1ccc(Nc2ncc(C(F)(F)F)c(Nc3cccc(C(C)(C)C)c3)n2)cc1. The summed E-state index contributed by atoms with van der Waals surface area (Å²) in [5.41, 5.74) is 2.39. The average molecular weight is 443 g/mol. The molecule has 0 aliphatic carbocycles. The predicted octanol–water partition coefficient (Wildman–Crippen LogP) is 7.79. The molecule has 32 heavy (non-hydrogen) atoms. The smallest absolute Gasteiger partial charge is 0.340 e. The fourth-order valence-corrected chi connectivity index (χ4v) is 3.20. The largest absolute Gasteiger partial charge is 0.421 e. The number of alkyl halides is 3. The van der Waals surface area contributed by atoms with E-state index in [1.807, 2.05) is 63.2 Å². The van der Waals surface area contributed by atoms with Crippen LogP contribution in [0.15, 0.2) is 54.7 Å². The third-order valence-electron chi connectivity index (χ3n) is 5.43. The minimum Gasteiger partial charge on any atom is -0.340 e. The lowest BCUT2D eigenvalue weighted by Crippen LogP contribution is -2.14. The van der Waals surface area contributed by atoms with Gasteiger partial charge in [0.15, 0.2) is 0 Å². The van der Waals surface area contributed by atoms with E-state index < -0.39 is 11.7 Å². The topological polar surface area (TPSA) is 49.8 Å². The van der Waals surface area contributed by atoms with Crippen LogP contribution in [0, 0.1) is 0 Å². The molecule has 0 saturated heterocycles. The summed E-state index contributed by atoms with van der Waals surface area (Å²) in [6.45, 7) is 10.4. The van der Waals surface area contributed by atoms with Crippen molar-refractivity contribution in [3.05, 3.63) is 71.4 Å². The molecular weight excluding hydrogens is 413 g/mol. The zero-order valence-corrected chi connectivity index (χ0v) is 19.0. The Morgan fingerprint density at radius 3 is 2.22 bits per heavy atom. The molecule has 1 heterocycles. The van der Waals surface area contributed by atoms with E-state index >= 15 is 0 Å². The lowest BCUT2D eigenvalue weighted by Gasteiger charge is -2.20. The molecule has 170 valence electrons. The third-order valence-corrected chi connectivity index (χ3v) is 5.43. The number of aromatic nitrogens is 2.